The van der Waals surface area contributed by atoms with Gasteiger partial charge >= 0.3 is 5.97 Å². The van der Waals surface area contributed by atoms with Gasteiger partial charge in [0.1, 0.15) is 5.82 Å². The van der Waals surface area contributed by atoms with Crippen molar-refractivity contribution in [1.29, 1.82) is 0 Å². The first-order chi connectivity index (χ1) is 8.17. The number of nitrogens with two attached hydrogens (primary N) is 1. The number of hydrogen-bond donors (Lipinski definition) is 1. The Morgan fingerprint density at radius 1 is 1.53 bits per heavy atom. The van der Waals surface area contributed by atoms with Gasteiger partial charge in [-0.05, 0) is 24.6 Å². The Hall–Kier alpha value is -1.68. The molecule has 3 nitrogen and oxygen atoms in total. The third kappa shape index (κ3) is 4.36. The lowest BCUT2D eigenvalue weighted by atomic mass is 10.1. The van der Waals surface area contributed by atoms with E-state index < -0.39 is 0 Å². The number of esters is 1. The maximum Gasteiger partial charge on any atom is 0.309 e. The first-order valence-corrected chi connectivity index (χ1v) is 5.48. The van der Waals surface area contributed by atoms with E-state index >= 15 is 0 Å². The normalized spacial score (nSPS) is 10.8. The van der Waals surface area contributed by atoms with Crippen LogP contribution in [0.2, 0.25) is 0 Å². The number of hydrogen-bond acceptors (Lipinski definition) is 3. The summed E-state index contributed by atoms with van der Waals surface area (Å²) in [4.78, 5) is 11.1. The van der Waals surface area contributed by atoms with Crippen molar-refractivity contribution < 1.29 is 13.9 Å². The molecule has 0 bridgehead atoms. The smallest absolute Gasteiger partial charge is 0.309 e. The quantitative estimate of drug-likeness (QED) is 0.799. The van der Waals surface area contributed by atoms with Gasteiger partial charge in [-0.15, -0.1) is 0 Å². The topological polar surface area (TPSA) is 52.3 Å². The van der Waals surface area contributed by atoms with E-state index in [0.29, 0.717) is 18.7 Å². The van der Waals surface area contributed by atoms with Crippen LogP contribution in [-0.2, 0) is 16.1 Å². The first-order valence-electron chi connectivity index (χ1n) is 5.48. The molecule has 0 heterocycles. The summed E-state index contributed by atoms with van der Waals surface area (Å²) in [6.07, 6.45) is 3.28. The van der Waals surface area contributed by atoms with Crippen LogP contribution in [0.25, 0.3) is 6.08 Å². The molecule has 1 rings (SSSR count). The molecule has 0 saturated carbocycles. The Balaban J connectivity index is 2.67. The highest BCUT2D eigenvalue weighted by molar-refractivity contribution is 5.72. The summed E-state index contributed by atoms with van der Waals surface area (Å²) in [5.74, 6) is -0.651. The van der Waals surface area contributed by atoms with Gasteiger partial charge in [-0.3, -0.25) is 4.79 Å². The molecule has 0 radical (unpaired) electrons. The minimum Gasteiger partial charge on any atom is -0.466 e. The third-order valence-electron chi connectivity index (χ3n) is 2.18. The first kappa shape index (κ1) is 13.4. The Morgan fingerprint density at radius 2 is 2.29 bits per heavy atom. The summed E-state index contributed by atoms with van der Waals surface area (Å²) in [5.41, 5.74) is 6.74. The molecule has 4 heteroatoms. The second kappa shape index (κ2) is 6.81. The number of benzene rings is 1. The van der Waals surface area contributed by atoms with E-state index in [2.05, 4.69) is 0 Å². The highest BCUT2D eigenvalue weighted by Crippen LogP contribution is 2.12. The van der Waals surface area contributed by atoms with Crippen LogP contribution in [0.1, 0.15) is 24.5 Å². The highest BCUT2D eigenvalue weighted by atomic mass is 19.1. The molecule has 1 aromatic carbocycles. The van der Waals surface area contributed by atoms with Crippen LogP contribution in [0.4, 0.5) is 4.39 Å². The predicted octanol–water partition coefficient (Wildman–Crippen LogP) is 2.25. The molecule has 0 atom stereocenters. The second-order valence-electron chi connectivity index (χ2n) is 3.47. The van der Waals surface area contributed by atoms with Crippen molar-refractivity contribution >= 4 is 12.0 Å². The van der Waals surface area contributed by atoms with Crippen molar-refractivity contribution in [3.63, 3.8) is 0 Å². The van der Waals surface area contributed by atoms with Crippen molar-refractivity contribution in [2.45, 2.75) is 19.9 Å². The van der Waals surface area contributed by atoms with E-state index in [1.54, 1.807) is 31.2 Å². The molecular formula is C13H16FNO2. The molecule has 0 aromatic heterocycles. The van der Waals surface area contributed by atoms with Crippen LogP contribution in [0.5, 0.6) is 0 Å². The lowest BCUT2D eigenvalue weighted by Gasteiger charge is -2.01. The third-order valence-corrected chi connectivity index (χ3v) is 2.18. The second-order valence-corrected chi connectivity index (χ2v) is 3.47. The van der Waals surface area contributed by atoms with Gasteiger partial charge in [0.05, 0.1) is 13.0 Å². The van der Waals surface area contributed by atoms with E-state index in [-0.39, 0.29) is 18.2 Å². The van der Waals surface area contributed by atoms with E-state index in [1.807, 2.05) is 0 Å². The van der Waals surface area contributed by atoms with Gasteiger partial charge in [0.15, 0.2) is 0 Å². The summed E-state index contributed by atoms with van der Waals surface area (Å²) in [5, 5.41) is 0. The Labute approximate surface area is 100 Å². The monoisotopic (exact) mass is 237 g/mol. The Kier molecular flexibility index (Phi) is 5.36. The van der Waals surface area contributed by atoms with Crippen molar-refractivity contribution in [2.75, 3.05) is 6.61 Å². The average Bonchev–Trinajstić information content (AvgIpc) is 2.32. The zero-order valence-corrected chi connectivity index (χ0v) is 9.78. The van der Waals surface area contributed by atoms with Gasteiger partial charge in [-0.25, -0.2) is 4.39 Å². The minimum atomic E-state index is -0.331. The molecule has 2 N–H and O–H groups in total. The largest absolute Gasteiger partial charge is 0.466 e. The maximum atomic E-state index is 13.4. The van der Waals surface area contributed by atoms with Gasteiger partial charge in [-0.2, -0.15) is 0 Å². The van der Waals surface area contributed by atoms with E-state index in [9.17, 15) is 9.18 Å². The standard InChI is InChI=1S/C13H16FNO2/c1-2-17-13(16)5-3-4-11-8-10(9-15)6-7-12(11)14/h3-4,6-8H,2,5,9,15H2,1H3. The number of ether oxygens (including phenoxy) is 1. The van der Waals surface area contributed by atoms with Crippen molar-refractivity contribution in [2.24, 2.45) is 5.73 Å². The molecule has 0 fully saturated rings. The molecule has 0 unspecified atom stereocenters. The lowest BCUT2D eigenvalue weighted by Crippen LogP contribution is -2.01. The summed E-state index contributed by atoms with van der Waals surface area (Å²) in [7, 11) is 0. The fourth-order valence-corrected chi connectivity index (χ4v) is 1.35. The van der Waals surface area contributed by atoms with Crippen molar-refractivity contribution in [3.05, 3.63) is 41.2 Å². The summed E-state index contributed by atoms with van der Waals surface area (Å²) in [6.45, 7) is 2.45. The molecule has 1 aromatic rings. The van der Waals surface area contributed by atoms with Gasteiger partial charge in [0, 0.05) is 12.1 Å². The molecule has 17 heavy (non-hydrogen) atoms. The average molecular weight is 237 g/mol. The molecule has 0 aliphatic carbocycles. The predicted molar refractivity (Wildman–Crippen MR) is 64.6 cm³/mol. The SMILES string of the molecule is CCOC(=O)CC=Cc1cc(CN)ccc1F. The Morgan fingerprint density at radius 3 is 2.94 bits per heavy atom. The zero-order chi connectivity index (χ0) is 12.7. The van der Waals surface area contributed by atoms with E-state index in [4.69, 9.17) is 10.5 Å². The van der Waals surface area contributed by atoms with Gasteiger partial charge in [-0.1, -0.05) is 18.2 Å². The Bertz CT molecular complexity index is 416. The van der Waals surface area contributed by atoms with Crippen LogP contribution in [0, 0.1) is 5.82 Å². The molecule has 0 aliphatic heterocycles. The van der Waals surface area contributed by atoms with Gasteiger partial charge in [0.25, 0.3) is 0 Å². The molecule has 0 amide bonds. The molecule has 0 saturated heterocycles. The van der Waals surface area contributed by atoms with Crippen LogP contribution < -0.4 is 5.73 Å². The van der Waals surface area contributed by atoms with Crippen LogP contribution in [-0.4, -0.2) is 12.6 Å². The summed E-state index contributed by atoms with van der Waals surface area (Å²) >= 11 is 0. The van der Waals surface area contributed by atoms with Gasteiger partial charge < -0.3 is 10.5 Å². The fourth-order valence-electron chi connectivity index (χ4n) is 1.35. The molecule has 0 aliphatic rings. The van der Waals surface area contributed by atoms with Crippen LogP contribution in [0.15, 0.2) is 24.3 Å². The van der Waals surface area contributed by atoms with E-state index in [1.165, 1.54) is 6.07 Å². The minimum absolute atomic E-state index is 0.139. The lowest BCUT2D eigenvalue weighted by molar-refractivity contribution is -0.142. The van der Waals surface area contributed by atoms with Crippen molar-refractivity contribution in [3.8, 4) is 0 Å². The maximum absolute atomic E-state index is 13.4. The van der Waals surface area contributed by atoms with Crippen molar-refractivity contribution in [1.82, 2.24) is 0 Å². The molecular weight excluding hydrogens is 221 g/mol. The van der Waals surface area contributed by atoms with Gasteiger partial charge in [0.2, 0.25) is 0 Å². The number of carbonyl (C=O) groups excluding carboxylic acids is 1. The fraction of sp³-hybridized carbons (Fsp3) is 0.308. The van der Waals surface area contributed by atoms with Crippen LogP contribution in [0.3, 0.4) is 0 Å². The number of carbonyl (C=O) groups is 1. The molecule has 0 spiro atoms. The zero-order valence-electron chi connectivity index (χ0n) is 9.78. The van der Waals surface area contributed by atoms with Crippen LogP contribution >= 0.6 is 0 Å². The highest BCUT2D eigenvalue weighted by Gasteiger charge is 2.01. The number of halogens is 1. The summed E-state index contributed by atoms with van der Waals surface area (Å²) < 4.78 is 18.1. The number of rotatable bonds is 5. The van der Waals surface area contributed by atoms with E-state index in [0.717, 1.165) is 5.56 Å². The molecule has 92 valence electrons. The summed E-state index contributed by atoms with van der Waals surface area (Å²) in [6, 6.07) is 4.67.